The number of nitrogens with two attached hydrogens (primary N) is 1. The molecule has 0 fully saturated rings. The molecule has 0 bridgehead atoms. The van der Waals surface area contributed by atoms with Gasteiger partial charge in [0.25, 0.3) is 5.91 Å². The van der Waals surface area contributed by atoms with Gasteiger partial charge in [0.05, 0.1) is 5.52 Å². The fraction of sp³-hybridized carbons (Fsp3) is 0.292. The molecular weight excluding hydrogens is 374 g/mol. The predicted octanol–water partition coefficient (Wildman–Crippen LogP) is 4.00. The summed E-state index contributed by atoms with van der Waals surface area (Å²) in [4.78, 5) is 21.1. The number of carbonyl (C=O) groups is 1. The molecule has 1 aliphatic rings. The lowest BCUT2D eigenvalue weighted by molar-refractivity contribution is 0.0951. The maximum atomic E-state index is 12.9. The van der Waals surface area contributed by atoms with Crippen LogP contribution in [-0.4, -0.2) is 20.4 Å². The second kappa shape index (κ2) is 7.44. The SMILES string of the molecule is CCn1c2c(c3ccc(C(=O)NCc4ccc5cnc(N)nc5c4)cc31)CCCC2. The first-order chi connectivity index (χ1) is 14.6. The van der Waals surface area contributed by atoms with Crippen LogP contribution in [0.2, 0.25) is 0 Å². The lowest BCUT2D eigenvalue weighted by Crippen LogP contribution is -2.22. The van der Waals surface area contributed by atoms with E-state index in [1.165, 1.54) is 35.0 Å². The van der Waals surface area contributed by atoms with E-state index in [0.717, 1.165) is 35.9 Å². The van der Waals surface area contributed by atoms with Crippen LogP contribution in [-0.2, 0) is 25.9 Å². The van der Waals surface area contributed by atoms with Crippen molar-refractivity contribution in [2.45, 2.75) is 45.7 Å². The summed E-state index contributed by atoms with van der Waals surface area (Å²) in [6.07, 6.45) is 6.48. The van der Waals surface area contributed by atoms with Gasteiger partial charge >= 0.3 is 0 Å². The maximum Gasteiger partial charge on any atom is 0.251 e. The Morgan fingerprint density at radius 3 is 2.90 bits per heavy atom. The third kappa shape index (κ3) is 3.18. The minimum absolute atomic E-state index is 0.0685. The third-order valence-electron chi connectivity index (χ3n) is 6.08. The third-order valence-corrected chi connectivity index (χ3v) is 6.08. The summed E-state index contributed by atoms with van der Waals surface area (Å²) in [5.74, 6) is 0.180. The van der Waals surface area contributed by atoms with Crippen molar-refractivity contribution in [2.24, 2.45) is 0 Å². The van der Waals surface area contributed by atoms with Gasteiger partial charge < -0.3 is 15.6 Å². The topological polar surface area (TPSA) is 85.8 Å². The number of benzene rings is 2. The van der Waals surface area contributed by atoms with Gasteiger partial charge in [0.1, 0.15) is 0 Å². The van der Waals surface area contributed by atoms with Gasteiger partial charge in [-0.05, 0) is 61.9 Å². The highest BCUT2D eigenvalue weighted by Crippen LogP contribution is 2.32. The normalized spacial score (nSPS) is 13.5. The lowest BCUT2D eigenvalue weighted by atomic mass is 9.95. The van der Waals surface area contributed by atoms with E-state index in [0.29, 0.717) is 12.1 Å². The van der Waals surface area contributed by atoms with Crippen molar-refractivity contribution in [1.82, 2.24) is 19.9 Å². The zero-order chi connectivity index (χ0) is 20.7. The Kier molecular flexibility index (Phi) is 4.62. The molecule has 5 rings (SSSR count). The van der Waals surface area contributed by atoms with Crippen LogP contribution in [0.15, 0.2) is 42.6 Å². The van der Waals surface area contributed by atoms with E-state index in [-0.39, 0.29) is 11.9 Å². The fourth-order valence-corrected chi connectivity index (χ4v) is 4.61. The minimum Gasteiger partial charge on any atom is -0.368 e. The highest BCUT2D eigenvalue weighted by Gasteiger charge is 2.20. The number of fused-ring (bicyclic) bond motifs is 4. The van der Waals surface area contributed by atoms with Gasteiger partial charge in [0.15, 0.2) is 0 Å². The lowest BCUT2D eigenvalue weighted by Gasteiger charge is -2.14. The zero-order valence-corrected chi connectivity index (χ0v) is 17.1. The van der Waals surface area contributed by atoms with Crippen LogP contribution in [0, 0.1) is 0 Å². The quantitative estimate of drug-likeness (QED) is 0.543. The predicted molar refractivity (Wildman–Crippen MR) is 119 cm³/mol. The van der Waals surface area contributed by atoms with Crippen LogP contribution in [0.1, 0.15) is 46.9 Å². The monoisotopic (exact) mass is 399 g/mol. The second-order valence-corrected chi connectivity index (χ2v) is 7.91. The number of nitrogens with one attached hydrogen (secondary N) is 1. The van der Waals surface area contributed by atoms with Crippen LogP contribution in [0.5, 0.6) is 0 Å². The molecule has 4 aromatic rings. The van der Waals surface area contributed by atoms with Crippen molar-refractivity contribution in [2.75, 3.05) is 5.73 Å². The first kappa shape index (κ1) is 18.6. The molecule has 2 aromatic carbocycles. The van der Waals surface area contributed by atoms with E-state index in [1.807, 2.05) is 30.3 Å². The minimum atomic E-state index is -0.0685. The molecule has 0 radical (unpaired) electrons. The Hall–Kier alpha value is -3.41. The van der Waals surface area contributed by atoms with Crippen LogP contribution in [0.4, 0.5) is 5.95 Å². The van der Waals surface area contributed by atoms with Crippen molar-refractivity contribution in [3.05, 3.63) is 65.0 Å². The van der Waals surface area contributed by atoms with Crippen molar-refractivity contribution in [3.8, 4) is 0 Å². The Balaban J connectivity index is 1.39. The van der Waals surface area contributed by atoms with E-state index < -0.39 is 0 Å². The van der Waals surface area contributed by atoms with Gasteiger partial charge in [-0.3, -0.25) is 4.79 Å². The molecule has 1 amide bonds. The van der Waals surface area contributed by atoms with E-state index in [2.05, 4.69) is 32.8 Å². The Morgan fingerprint density at radius 2 is 2.03 bits per heavy atom. The molecule has 2 aromatic heterocycles. The number of carbonyl (C=O) groups excluding carboxylic acids is 1. The molecule has 0 aliphatic heterocycles. The number of aryl methyl sites for hydroxylation is 2. The largest absolute Gasteiger partial charge is 0.368 e. The molecule has 6 heteroatoms. The van der Waals surface area contributed by atoms with Crippen molar-refractivity contribution >= 4 is 33.7 Å². The molecule has 0 saturated heterocycles. The van der Waals surface area contributed by atoms with Gasteiger partial charge in [0.2, 0.25) is 5.95 Å². The smallest absolute Gasteiger partial charge is 0.251 e. The zero-order valence-electron chi connectivity index (χ0n) is 17.1. The number of rotatable bonds is 4. The summed E-state index contributed by atoms with van der Waals surface area (Å²) < 4.78 is 2.38. The summed E-state index contributed by atoms with van der Waals surface area (Å²) in [6.45, 7) is 3.54. The number of hydrogen-bond donors (Lipinski definition) is 2. The molecule has 6 nitrogen and oxygen atoms in total. The Labute approximate surface area is 175 Å². The number of hydrogen-bond acceptors (Lipinski definition) is 4. The Morgan fingerprint density at radius 1 is 1.17 bits per heavy atom. The van der Waals surface area contributed by atoms with Crippen LogP contribution in [0.3, 0.4) is 0 Å². The highest BCUT2D eigenvalue weighted by atomic mass is 16.1. The van der Waals surface area contributed by atoms with E-state index >= 15 is 0 Å². The molecule has 30 heavy (non-hydrogen) atoms. The van der Waals surface area contributed by atoms with Gasteiger partial charge in [-0.15, -0.1) is 0 Å². The molecule has 3 N–H and O–H groups in total. The number of nitrogens with zero attached hydrogens (tertiary/aromatic N) is 3. The van der Waals surface area contributed by atoms with E-state index in [9.17, 15) is 4.79 Å². The van der Waals surface area contributed by atoms with Gasteiger partial charge in [-0.1, -0.05) is 18.2 Å². The molecule has 1 aliphatic carbocycles. The Bertz CT molecular complexity index is 1270. The summed E-state index contributed by atoms with van der Waals surface area (Å²) in [7, 11) is 0. The highest BCUT2D eigenvalue weighted by molar-refractivity contribution is 5.99. The molecule has 0 spiro atoms. The number of anilines is 1. The van der Waals surface area contributed by atoms with E-state index in [4.69, 9.17) is 5.73 Å². The van der Waals surface area contributed by atoms with Gasteiger partial charge in [-0.2, -0.15) is 0 Å². The van der Waals surface area contributed by atoms with Crippen molar-refractivity contribution < 1.29 is 4.79 Å². The van der Waals surface area contributed by atoms with Crippen LogP contribution < -0.4 is 11.1 Å². The molecular formula is C24H25N5O. The van der Waals surface area contributed by atoms with Gasteiger partial charge in [-0.25, -0.2) is 9.97 Å². The molecule has 152 valence electrons. The first-order valence-electron chi connectivity index (χ1n) is 10.6. The number of nitrogen functional groups attached to an aromatic ring is 1. The summed E-state index contributed by atoms with van der Waals surface area (Å²) in [5, 5.41) is 5.26. The molecule has 0 saturated carbocycles. The average Bonchev–Trinajstić information content (AvgIpc) is 3.10. The maximum absolute atomic E-state index is 12.9. The second-order valence-electron chi connectivity index (χ2n) is 7.91. The van der Waals surface area contributed by atoms with Crippen molar-refractivity contribution in [3.63, 3.8) is 0 Å². The fourth-order valence-electron chi connectivity index (χ4n) is 4.61. The number of aromatic nitrogens is 3. The number of amides is 1. The molecule has 2 heterocycles. The van der Waals surface area contributed by atoms with E-state index in [1.54, 1.807) is 6.20 Å². The summed E-state index contributed by atoms with van der Waals surface area (Å²) in [5.41, 5.74) is 12.2. The van der Waals surface area contributed by atoms with Crippen molar-refractivity contribution in [1.29, 1.82) is 0 Å². The molecule has 0 unspecified atom stereocenters. The molecule has 0 atom stereocenters. The standard InChI is InChI=1S/C24H25N5O/c1-2-29-21-6-4-3-5-18(21)19-10-9-16(12-22(19)29)23(30)26-13-15-7-8-17-14-27-24(25)28-20(17)11-15/h7-12,14H,2-6,13H2,1H3,(H,26,30)(H2,25,27,28). The summed E-state index contributed by atoms with van der Waals surface area (Å²) in [6, 6.07) is 12.0. The first-order valence-corrected chi connectivity index (χ1v) is 10.6. The van der Waals surface area contributed by atoms with Crippen LogP contribution in [0.25, 0.3) is 21.8 Å². The average molecular weight is 399 g/mol. The van der Waals surface area contributed by atoms with Crippen LogP contribution >= 0.6 is 0 Å². The summed E-state index contributed by atoms with van der Waals surface area (Å²) >= 11 is 0. The van der Waals surface area contributed by atoms with Gasteiger partial charge in [0, 0.05) is 46.8 Å².